The number of nitrogens with one attached hydrogen (secondary N) is 1. The Bertz CT molecular complexity index is 429. The molecule has 1 aliphatic rings. The Kier molecular flexibility index (Phi) is 6.65. The molecule has 0 aliphatic heterocycles. The summed E-state index contributed by atoms with van der Waals surface area (Å²) >= 11 is 0. The average molecular weight is 292 g/mol. The van der Waals surface area contributed by atoms with E-state index in [9.17, 15) is 4.39 Å². The zero-order valence-electron chi connectivity index (χ0n) is 13.5. The molecule has 0 radical (unpaired) electrons. The molecule has 0 bridgehead atoms. The number of nitrogens with zero attached hydrogens (tertiary/aromatic N) is 1. The minimum absolute atomic E-state index is 0.0589. The molecule has 0 saturated heterocycles. The van der Waals surface area contributed by atoms with Gasteiger partial charge in [-0.1, -0.05) is 32.4 Å². The van der Waals surface area contributed by atoms with Crippen LogP contribution < -0.4 is 5.32 Å². The van der Waals surface area contributed by atoms with E-state index in [1.165, 1.54) is 31.2 Å². The molecule has 3 heteroatoms. The number of unbranched alkanes of at least 4 members (excludes halogenated alkanes) is 1. The largest absolute Gasteiger partial charge is 0.313 e. The highest BCUT2D eigenvalue weighted by molar-refractivity contribution is 5.25. The first-order valence-electron chi connectivity index (χ1n) is 8.46. The van der Waals surface area contributed by atoms with Crippen LogP contribution in [0.4, 0.5) is 4.39 Å². The van der Waals surface area contributed by atoms with Crippen LogP contribution >= 0.6 is 0 Å². The molecule has 1 N–H and O–H groups in total. The van der Waals surface area contributed by atoms with Gasteiger partial charge in [-0.25, -0.2) is 4.39 Å². The van der Waals surface area contributed by atoms with E-state index in [4.69, 9.17) is 0 Å². The Hall–Kier alpha value is -0.930. The number of hydrogen-bond donors (Lipinski definition) is 1. The molecular weight excluding hydrogens is 263 g/mol. The predicted molar refractivity (Wildman–Crippen MR) is 86.7 cm³/mol. The van der Waals surface area contributed by atoms with E-state index < -0.39 is 0 Å². The van der Waals surface area contributed by atoms with Gasteiger partial charge in [0.2, 0.25) is 0 Å². The first-order valence-corrected chi connectivity index (χ1v) is 8.46. The summed E-state index contributed by atoms with van der Waals surface area (Å²) in [6, 6.07) is 6.26. The zero-order chi connectivity index (χ0) is 15.1. The van der Waals surface area contributed by atoms with E-state index in [0.29, 0.717) is 6.04 Å². The van der Waals surface area contributed by atoms with Crippen LogP contribution in [-0.4, -0.2) is 24.0 Å². The molecule has 0 amide bonds. The second-order valence-corrected chi connectivity index (χ2v) is 6.16. The lowest BCUT2D eigenvalue weighted by Gasteiger charge is -2.22. The van der Waals surface area contributed by atoms with Crippen LogP contribution in [0.25, 0.3) is 0 Å². The molecule has 0 unspecified atom stereocenters. The van der Waals surface area contributed by atoms with Gasteiger partial charge >= 0.3 is 0 Å². The van der Waals surface area contributed by atoms with Gasteiger partial charge in [-0.3, -0.25) is 4.90 Å². The minimum atomic E-state index is -0.0589. The topological polar surface area (TPSA) is 15.3 Å². The molecule has 1 fully saturated rings. The van der Waals surface area contributed by atoms with Crippen molar-refractivity contribution in [2.75, 3.05) is 13.1 Å². The Balaban J connectivity index is 1.97. The van der Waals surface area contributed by atoms with Gasteiger partial charge in [-0.15, -0.1) is 0 Å². The lowest BCUT2D eigenvalue weighted by atomic mass is 10.1. The lowest BCUT2D eigenvalue weighted by Crippen LogP contribution is -2.27. The molecule has 21 heavy (non-hydrogen) atoms. The minimum Gasteiger partial charge on any atom is -0.313 e. The van der Waals surface area contributed by atoms with Crippen LogP contribution in [0.1, 0.15) is 57.1 Å². The van der Waals surface area contributed by atoms with Crippen molar-refractivity contribution in [1.82, 2.24) is 10.2 Å². The Morgan fingerprint density at radius 1 is 1.24 bits per heavy atom. The fraction of sp³-hybridized carbons (Fsp3) is 0.667. The molecule has 1 aromatic rings. The lowest BCUT2D eigenvalue weighted by molar-refractivity contribution is 0.247. The van der Waals surface area contributed by atoms with E-state index in [0.717, 1.165) is 38.2 Å². The van der Waals surface area contributed by atoms with Crippen LogP contribution in [0, 0.1) is 5.82 Å². The Morgan fingerprint density at radius 3 is 2.71 bits per heavy atom. The highest BCUT2D eigenvalue weighted by Crippen LogP contribution is 2.29. The van der Waals surface area contributed by atoms with Gasteiger partial charge in [-0.05, 0) is 50.4 Å². The number of benzene rings is 1. The predicted octanol–water partition coefficient (Wildman–Crippen LogP) is 4.09. The maximum absolute atomic E-state index is 14.1. The maximum Gasteiger partial charge on any atom is 0.127 e. The van der Waals surface area contributed by atoms with Crippen molar-refractivity contribution in [1.29, 1.82) is 0 Å². The fourth-order valence-corrected chi connectivity index (χ4v) is 2.68. The molecule has 0 spiro atoms. The molecule has 0 aromatic heterocycles. The maximum atomic E-state index is 14.1. The van der Waals surface area contributed by atoms with Crippen LogP contribution in [0.5, 0.6) is 0 Å². The molecule has 2 nitrogen and oxygen atoms in total. The summed E-state index contributed by atoms with van der Waals surface area (Å²) < 4.78 is 14.1. The Labute approximate surface area is 128 Å². The highest BCUT2D eigenvalue weighted by Gasteiger charge is 2.28. The summed E-state index contributed by atoms with van der Waals surface area (Å²) in [5.74, 6) is -0.0589. The number of rotatable bonds is 10. The van der Waals surface area contributed by atoms with Crippen molar-refractivity contribution >= 4 is 0 Å². The SMILES string of the molecule is CCCCN(Cc1cc(CNCCC)ccc1F)C1CC1. The van der Waals surface area contributed by atoms with Crippen LogP contribution in [-0.2, 0) is 13.1 Å². The summed E-state index contributed by atoms with van der Waals surface area (Å²) in [5.41, 5.74) is 2.04. The molecule has 2 rings (SSSR count). The first kappa shape index (κ1) is 16.4. The molecule has 118 valence electrons. The normalized spacial score (nSPS) is 14.9. The van der Waals surface area contributed by atoms with E-state index >= 15 is 0 Å². The van der Waals surface area contributed by atoms with Crippen molar-refractivity contribution in [3.05, 3.63) is 35.1 Å². The summed E-state index contributed by atoms with van der Waals surface area (Å²) in [6.07, 6.45) is 6.09. The third-order valence-corrected chi connectivity index (χ3v) is 4.10. The molecule has 0 heterocycles. The third kappa shape index (κ3) is 5.40. The van der Waals surface area contributed by atoms with Gasteiger partial charge in [0.15, 0.2) is 0 Å². The highest BCUT2D eigenvalue weighted by atomic mass is 19.1. The van der Waals surface area contributed by atoms with Gasteiger partial charge in [-0.2, -0.15) is 0 Å². The van der Waals surface area contributed by atoms with E-state index in [1.807, 2.05) is 12.1 Å². The number of hydrogen-bond acceptors (Lipinski definition) is 2. The monoisotopic (exact) mass is 292 g/mol. The first-order chi connectivity index (χ1) is 10.2. The van der Waals surface area contributed by atoms with E-state index in [1.54, 1.807) is 6.07 Å². The van der Waals surface area contributed by atoms with Crippen molar-refractivity contribution in [2.45, 2.75) is 65.1 Å². The molecular formula is C18H29FN2. The van der Waals surface area contributed by atoms with Crippen molar-refractivity contribution in [3.8, 4) is 0 Å². The van der Waals surface area contributed by atoms with Crippen LogP contribution in [0.2, 0.25) is 0 Å². The van der Waals surface area contributed by atoms with Crippen LogP contribution in [0.15, 0.2) is 18.2 Å². The average Bonchev–Trinajstić information content (AvgIpc) is 3.31. The van der Waals surface area contributed by atoms with Crippen molar-refractivity contribution in [3.63, 3.8) is 0 Å². The molecule has 1 aromatic carbocycles. The smallest absolute Gasteiger partial charge is 0.127 e. The summed E-state index contributed by atoms with van der Waals surface area (Å²) in [4.78, 5) is 2.46. The van der Waals surface area contributed by atoms with Crippen LogP contribution in [0.3, 0.4) is 0 Å². The molecule has 0 atom stereocenters. The summed E-state index contributed by atoms with van der Waals surface area (Å²) in [6.45, 7) is 8.07. The summed E-state index contributed by atoms with van der Waals surface area (Å²) in [5, 5.41) is 3.38. The number of halogens is 1. The molecule has 1 saturated carbocycles. The van der Waals surface area contributed by atoms with Gasteiger partial charge < -0.3 is 5.32 Å². The standard InChI is InChI=1S/C18H29FN2/c1-3-5-11-21(17-7-8-17)14-16-12-15(6-9-18(16)19)13-20-10-4-2/h6,9,12,17,20H,3-5,7-8,10-11,13-14H2,1-2H3. The van der Waals surface area contributed by atoms with Gasteiger partial charge in [0.05, 0.1) is 0 Å². The Morgan fingerprint density at radius 2 is 2.05 bits per heavy atom. The zero-order valence-corrected chi connectivity index (χ0v) is 13.5. The fourth-order valence-electron chi connectivity index (χ4n) is 2.68. The van der Waals surface area contributed by atoms with Crippen molar-refractivity contribution < 1.29 is 4.39 Å². The van der Waals surface area contributed by atoms with E-state index in [2.05, 4.69) is 24.1 Å². The van der Waals surface area contributed by atoms with E-state index in [-0.39, 0.29) is 5.82 Å². The summed E-state index contributed by atoms with van der Waals surface area (Å²) in [7, 11) is 0. The second kappa shape index (κ2) is 8.50. The molecule has 1 aliphatic carbocycles. The van der Waals surface area contributed by atoms with Gasteiger partial charge in [0.1, 0.15) is 5.82 Å². The van der Waals surface area contributed by atoms with Crippen molar-refractivity contribution in [2.24, 2.45) is 0 Å². The van der Waals surface area contributed by atoms with Gasteiger partial charge in [0, 0.05) is 24.7 Å². The van der Waals surface area contributed by atoms with Gasteiger partial charge in [0.25, 0.3) is 0 Å². The third-order valence-electron chi connectivity index (χ3n) is 4.10. The second-order valence-electron chi connectivity index (χ2n) is 6.16. The quantitative estimate of drug-likeness (QED) is 0.653.